The molecule has 7 aromatic carbocycles. The van der Waals surface area contributed by atoms with E-state index in [9.17, 15) is 0 Å². The van der Waals surface area contributed by atoms with Crippen molar-refractivity contribution in [2.24, 2.45) is 0 Å². The van der Waals surface area contributed by atoms with Crippen molar-refractivity contribution in [2.45, 2.75) is 0 Å². The van der Waals surface area contributed by atoms with Crippen LogP contribution >= 0.6 is 11.3 Å². The minimum Gasteiger partial charge on any atom is -0.455 e. The van der Waals surface area contributed by atoms with Crippen LogP contribution in [0.2, 0.25) is 0 Å². The molecule has 0 aliphatic carbocycles. The lowest BCUT2D eigenvalue weighted by Gasteiger charge is -2.11. The van der Waals surface area contributed by atoms with E-state index in [-0.39, 0.29) is 0 Å². The Morgan fingerprint density at radius 2 is 1.00 bits per heavy atom. The molecule has 234 valence electrons. The molecular weight excluding hydrogens is 631 g/mol. The van der Waals surface area contributed by atoms with Crippen LogP contribution in [0.4, 0.5) is 0 Å². The number of para-hydroxylation sites is 2. The number of furan rings is 1. The van der Waals surface area contributed by atoms with E-state index in [0.29, 0.717) is 17.5 Å². The Hall–Kier alpha value is -6.43. The third kappa shape index (κ3) is 4.71. The van der Waals surface area contributed by atoms with Gasteiger partial charge in [0.25, 0.3) is 0 Å². The molecule has 0 atom stereocenters. The summed E-state index contributed by atoms with van der Waals surface area (Å²) in [6.45, 7) is 0. The predicted octanol–water partition coefficient (Wildman–Crippen LogP) is 12.5. The molecule has 3 heterocycles. The fraction of sp³-hybridized carbons (Fsp3) is 0. The minimum absolute atomic E-state index is 0.574. The first kappa shape index (κ1) is 28.6. The molecule has 0 aliphatic rings. The summed E-state index contributed by atoms with van der Waals surface area (Å²) in [5.74, 6) is 1.81. The zero-order chi connectivity index (χ0) is 33.0. The fourth-order valence-corrected chi connectivity index (χ4v) is 8.25. The number of hydrogen-bond acceptors (Lipinski definition) is 5. The Morgan fingerprint density at radius 3 is 1.78 bits per heavy atom. The van der Waals surface area contributed by atoms with Crippen molar-refractivity contribution < 1.29 is 4.42 Å². The first-order valence-electron chi connectivity index (χ1n) is 16.6. The lowest BCUT2D eigenvalue weighted by Crippen LogP contribution is -2.00. The third-order valence-corrected chi connectivity index (χ3v) is 10.5. The van der Waals surface area contributed by atoms with Crippen molar-refractivity contribution in [1.82, 2.24) is 15.0 Å². The third-order valence-electron chi connectivity index (χ3n) is 9.34. The summed E-state index contributed by atoms with van der Waals surface area (Å²) in [6.07, 6.45) is 0. The second kappa shape index (κ2) is 11.6. The molecule has 0 bridgehead atoms. The highest BCUT2D eigenvalue weighted by Crippen LogP contribution is 2.46. The second-order valence-electron chi connectivity index (χ2n) is 12.4. The SMILES string of the molecule is c1ccc(-c2cc(-c3ccccc3)c3sc4cccc(-c5nc(-c6ccccc6)nc(-c6cccc7c6oc6ccccc67)n5)c4c3c2)cc1. The van der Waals surface area contributed by atoms with Gasteiger partial charge in [-0.2, -0.15) is 0 Å². The number of rotatable bonds is 5. The first-order chi connectivity index (χ1) is 24.8. The van der Waals surface area contributed by atoms with Gasteiger partial charge in [0, 0.05) is 47.6 Å². The highest BCUT2D eigenvalue weighted by Gasteiger charge is 2.21. The molecular formula is C45H27N3OS. The number of benzene rings is 7. The van der Waals surface area contributed by atoms with E-state index in [1.807, 2.05) is 65.9 Å². The van der Waals surface area contributed by atoms with Crippen LogP contribution < -0.4 is 0 Å². The van der Waals surface area contributed by atoms with Gasteiger partial charge >= 0.3 is 0 Å². The fourth-order valence-electron chi connectivity index (χ4n) is 7.00. The van der Waals surface area contributed by atoms with E-state index in [1.54, 1.807) is 0 Å². The summed E-state index contributed by atoms with van der Waals surface area (Å²) in [6, 6.07) is 56.8. The van der Waals surface area contributed by atoms with Gasteiger partial charge in [0.1, 0.15) is 11.2 Å². The average molecular weight is 658 g/mol. The zero-order valence-corrected chi connectivity index (χ0v) is 27.6. The molecule has 0 saturated heterocycles. The van der Waals surface area contributed by atoms with E-state index in [1.165, 1.54) is 37.0 Å². The highest BCUT2D eigenvalue weighted by molar-refractivity contribution is 7.26. The molecule has 50 heavy (non-hydrogen) atoms. The molecule has 4 nitrogen and oxygen atoms in total. The monoisotopic (exact) mass is 657 g/mol. The van der Waals surface area contributed by atoms with E-state index in [2.05, 4.69) is 109 Å². The van der Waals surface area contributed by atoms with Gasteiger partial charge in [0.15, 0.2) is 17.5 Å². The van der Waals surface area contributed by atoms with Crippen LogP contribution in [0.3, 0.4) is 0 Å². The molecule has 0 amide bonds. The molecule has 0 fully saturated rings. The van der Waals surface area contributed by atoms with Crippen LogP contribution in [0.5, 0.6) is 0 Å². The van der Waals surface area contributed by atoms with Gasteiger partial charge < -0.3 is 4.42 Å². The van der Waals surface area contributed by atoms with Crippen molar-refractivity contribution >= 4 is 53.4 Å². The second-order valence-corrected chi connectivity index (χ2v) is 13.4. The summed E-state index contributed by atoms with van der Waals surface area (Å²) in [7, 11) is 0. The van der Waals surface area contributed by atoms with Gasteiger partial charge in [-0.25, -0.2) is 15.0 Å². The quantitative estimate of drug-likeness (QED) is 0.185. The molecule has 3 aromatic heterocycles. The van der Waals surface area contributed by atoms with Crippen LogP contribution in [-0.2, 0) is 0 Å². The Bertz CT molecular complexity index is 2860. The van der Waals surface area contributed by atoms with Crippen molar-refractivity contribution in [3.05, 3.63) is 164 Å². The molecule has 0 aliphatic heterocycles. The van der Waals surface area contributed by atoms with Crippen LogP contribution in [-0.4, -0.2) is 15.0 Å². The van der Waals surface area contributed by atoms with Crippen LogP contribution in [0.15, 0.2) is 168 Å². The maximum Gasteiger partial charge on any atom is 0.167 e. The molecule has 0 spiro atoms. The van der Waals surface area contributed by atoms with Gasteiger partial charge in [-0.05, 0) is 47.0 Å². The zero-order valence-electron chi connectivity index (χ0n) is 26.7. The maximum absolute atomic E-state index is 6.46. The van der Waals surface area contributed by atoms with Crippen molar-refractivity contribution in [1.29, 1.82) is 0 Å². The number of thiophene rings is 1. The van der Waals surface area contributed by atoms with Crippen molar-refractivity contribution in [2.75, 3.05) is 0 Å². The van der Waals surface area contributed by atoms with E-state index in [0.717, 1.165) is 44.0 Å². The average Bonchev–Trinajstić information content (AvgIpc) is 3.77. The van der Waals surface area contributed by atoms with Crippen LogP contribution in [0.1, 0.15) is 0 Å². The molecule has 0 saturated carbocycles. The van der Waals surface area contributed by atoms with Gasteiger partial charge in [-0.3, -0.25) is 0 Å². The Labute approximate surface area is 292 Å². The number of fused-ring (bicyclic) bond motifs is 6. The van der Waals surface area contributed by atoms with Crippen molar-refractivity contribution in [3.63, 3.8) is 0 Å². The number of hydrogen-bond donors (Lipinski definition) is 0. The largest absolute Gasteiger partial charge is 0.455 e. The summed E-state index contributed by atoms with van der Waals surface area (Å²) in [5.41, 5.74) is 9.09. The molecule has 10 rings (SSSR count). The van der Waals surface area contributed by atoms with Gasteiger partial charge in [-0.1, -0.05) is 133 Å². The van der Waals surface area contributed by atoms with Gasteiger partial charge in [-0.15, -0.1) is 11.3 Å². The highest BCUT2D eigenvalue weighted by atomic mass is 32.1. The first-order valence-corrected chi connectivity index (χ1v) is 17.4. The summed E-state index contributed by atoms with van der Waals surface area (Å²) in [5, 5.41) is 4.43. The minimum atomic E-state index is 0.574. The number of aromatic nitrogens is 3. The molecule has 0 unspecified atom stereocenters. The molecule has 0 radical (unpaired) electrons. The smallest absolute Gasteiger partial charge is 0.167 e. The summed E-state index contributed by atoms with van der Waals surface area (Å²) >= 11 is 1.82. The Morgan fingerprint density at radius 1 is 0.400 bits per heavy atom. The lowest BCUT2D eigenvalue weighted by molar-refractivity contribution is 0.669. The maximum atomic E-state index is 6.46. The topological polar surface area (TPSA) is 51.8 Å². The standard InChI is InChI=1S/C45H27N3OS/c1-4-14-28(15-5-1)31-26-36(29-16-6-2-7-17-29)42-37(27-31)40-34(22-13-25-39(40)50-42)44-46-43(30-18-8-3-9-19-30)47-45(48-44)35-23-12-21-33-32-20-10-11-24-38(32)49-41(33)35/h1-27H. The van der Waals surface area contributed by atoms with E-state index in [4.69, 9.17) is 19.4 Å². The Kier molecular flexibility index (Phi) is 6.64. The van der Waals surface area contributed by atoms with Crippen LogP contribution in [0, 0.1) is 0 Å². The van der Waals surface area contributed by atoms with Crippen LogP contribution in [0.25, 0.3) is 98.5 Å². The van der Waals surface area contributed by atoms with Gasteiger partial charge in [0.2, 0.25) is 0 Å². The summed E-state index contributed by atoms with van der Waals surface area (Å²) in [4.78, 5) is 15.5. The van der Waals surface area contributed by atoms with Crippen molar-refractivity contribution in [3.8, 4) is 56.4 Å². The molecule has 0 N–H and O–H groups in total. The van der Waals surface area contributed by atoms with E-state index < -0.39 is 0 Å². The summed E-state index contributed by atoms with van der Waals surface area (Å²) < 4.78 is 8.88. The molecule has 10 aromatic rings. The van der Waals surface area contributed by atoms with E-state index >= 15 is 0 Å². The van der Waals surface area contributed by atoms with Gasteiger partial charge in [0.05, 0.1) is 5.56 Å². The number of nitrogens with zero attached hydrogens (tertiary/aromatic N) is 3. The predicted molar refractivity (Wildman–Crippen MR) is 207 cm³/mol. The normalized spacial score (nSPS) is 11.6. The lowest BCUT2D eigenvalue weighted by atomic mass is 9.95. The Balaban J connectivity index is 1.27. The molecule has 5 heteroatoms.